The molecular formula is C32H51N5O2S. The van der Waals surface area contributed by atoms with Crippen molar-refractivity contribution in [2.45, 2.75) is 66.8 Å². The van der Waals surface area contributed by atoms with Crippen LogP contribution in [0.4, 0.5) is 4.79 Å². The molecule has 7 nitrogen and oxygen atoms in total. The summed E-state index contributed by atoms with van der Waals surface area (Å²) in [7, 11) is 3.63. The summed E-state index contributed by atoms with van der Waals surface area (Å²) in [5.41, 5.74) is 11.2. The van der Waals surface area contributed by atoms with Crippen molar-refractivity contribution in [3.05, 3.63) is 68.7 Å². The van der Waals surface area contributed by atoms with Gasteiger partial charge in [0.25, 0.3) is 0 Å². The second kappa shape index (κ2) is 17.9. The molecule has 1 aliphatic heterocycles. The number of thiophene rings is 1. The number of allylic oxidation sites excluding steroid dienone is 5. The quantitative estimate of drug-likeness (QED) is 0.157. The smallest absolute Gasteiger partial charge is 0.319 e. The number of aryl methyl sites for hydroxylation is 1. The number of nitrogens with two attached hydrogens (primary N) is 1. The number of nitrogens with zero attached hydrogens (tertiary/aromatic N) is 4. The number of ether oxygens (including phenoxy) is 1. The molecule has 0 radical (unpaired) electrons. The van der Waals surface area contributed by atoms with Gasteiger partial charge in [-0.15, -0.1) is 11.3 Å². The normalized spacial score (nSPS) is 16.3. The summed E-state index contributed by atoms with van der Waals surface area (Å²) in [5.74, 6) is 0. The molecule has 1 fully saturated rings. The lowest BCUT2D eigenvalue weighted by atomic mass is 10.1. The van der Waals surface area contributed by atoms with E-state index in [0.717, 1.165) is 94.3 Å². The number of carbonyl (C=O) groups is 1. The number of rotatable bonds is 14. The zero-order valence-electron chi connectivity index (χ0n) is 25.8. The Balaban J connectivity index is 2.24. The summed E-state index contributed by atoms with van der Waals surface area (Å²) < 4.78 is 5.72. The highest BCUT2D eigenvalue weighted by Crippen LogP contribution is 2.28. The van der Waals surface area contributed by atoms with Crippen molar-refractivity contribution < 1.29 is 9.53 Å². The summed E-state index contributed by atoms with van der Waals surface area (Å²) in [6.07, 6.45) is 14.0. The van der Waals surface area contributed by atoms with Crippen LogP contribution < -0.4 is 5.73 Å². The Bertz CT molecular complexity index is 1090. The molecule has 2 heterocycles. The van der Waals surface area contributed by atoms with Crippen LogP contribution in [0.1, 0.15) is 68.7 Å². The molecule has 0 spiro atoms. The van der Waals surface area contributed by atoms with Gasteiger partial charge in [0.15, 0.2) is 0 Å². The van der Waals surface area contributed by atoms with Crippen molar-refractivity contribution in [2.75, 3.05) is 53.5 Å². The minimum absolute atomic E-state index is 0.0957. The first-order valence-electron chi connectivity index (χ1n) is 14.6. The van der Waals surface area contributed by atoms with Crippen LogP contribution in [-0.4, -0.2) is 79.9 Å². The fraction of sp³-hybridized carbons (Fsp3) is 0.562. The first kappa shape index (κ1) is 33.5. The van der Waals surface area contributed by atoms with Crippen LogP contribution in [-0.2, 0) is 11.3 Å². The highest BCUT2D eigenvalue weighted by Gasteiger charge is 2.23. The molecule has 0 atom stereocenters. The summed E-state index contributed by atoms with van der Waals surface area (Å²) in [6.45, 7) is 16.2. The monoisotopic (exact) mass is 569 g/mol. The summed E-state index contributed by atoms with van der Waals surface area (Å²) in [6, 6.07) is 2.41. The van der Waals surface area contributed by atoms with Crippen molar-refractivity contribution in [1.29, 1.82) is 0 Å². The minimum atomic E-state index is 0.0957. The second-order valence-corrected chi connectivity index (χ2v) is 11.5. The Hall–Kier alpha value is -2.68. The Morgan fingerprint density at radius 2 is 1.80 bits per heavy atom. The second-order valence-electron chi connectivity index (χ2n) is 10.3. The fourth-order valence-corrected chi connectivity index (χ4v) is 5.76. The lowest BCUT2D eigenvalue weighted by molar-refractivity contribution is 0.120. The molecule has 2 rings (SSSR count). The number of carbonyl (C=O) groups excluding carboxylic acids is 1. The van der Waals surface area contributed by atoms with Gasteiger partial charge in [0.05, 0.1) is 16.3 Å². The van der Waals surface area contributed by atoms with E-state index >= 15 is 0 Å². The van der Waals surface area contributed by atoms with E-state index in [-0.39, 0.29) is 6.03 Å². The predicted molar refractivity (Wildman–Crippen MR) is 171 cm³/mol. The first-order valence-corrected chi connectivity index (χ1v) is 15.4. The number of urea groups is 1. The summed E-state index contributed by atoms with van der Waals surface area (Å²) in [4.78, 5) is 26.2. The van der Waals surface area contributed by atoms with Crippen LogP contribution in [0, 0.1) is 6.92 Å². The fourth-order valence-electron chi connectivity index (χ4n) is 4.53. The van der Waals surface area contributed by atoms with Crippen LogP contribution in [0.5, 0.6) is 0 Å². The molecule has 1 aliphatic rings. The maximum Gasteiger partial charge on any atom is 0.319 e. The molecule has 2 amide bonds. The molecule has 0 bridgehead atoms. The maximum atomic E-state index is 12.3. The summed E-state index contributed by atoms with van der Waals surface area (Å²) >= 11 is 1.85. The lowest BCUT2D eigenvalue weighted by Crippen LogP contribution is -2.51. The number of amides is 2. The minimum Gasteiger partial charge on any atom is -0.399 e. The van der Waals surface area contributed by atoms with Crippen molar-refractivity contribution in [1.82, 2.24) is 14.7 Å². The number of piperazine rings is 1. The van der Waals surface area contributed by atoms with Gasteiger partial charge in [-0.05, 0) is 76.7 Å². The number of aliphatic imine (C=N–C) groups is 1. The van der Waals surface area contributed by atoms with Crippen LogP contribution in [0.15, 0.2) is 58.4 Å². The third-order valence-electron chi connectivity index (χ3n) is 6.86. The first-order chi connectivity index (χ1) is 19.2. The molecule has 1 aromatic heterocycles. The standard InChI is InChI=1S/C32H51N5O2S/c1-8-21-39-22-13-12-14-30(34-29(11-4)26(9-2)15-16-27(33)10-3)31-25(5)23-28(40-31)24-36-17-19-37(20-18-36)32(38)35(6)7/h9-11,15-16,23H,8,12-14,17-22,24,33H2,1-7H3/b16-15-,26-9+,27-10-,29-11+,34-30?. The number of hydrogen-bond donors (Lipinski definition) is 1. The molecule has 0 unspecified atom stereocenters. The molecule has 2 N–H and O–H groups in total. The predicted octanol–water partition coefficient (Wildman–Crippen LogP) is 6.51. The van der Waals surface area contributed by atoms with Gasteiger partial charge in [-0.1, -0.05) is 31.2 Å². The average molecular weight is 570 g/mol. The highest BCUT2D eigenvalue weighted by atomic mass is 32.1. The molecule has 0 aromatic carbocycles. The van der Waals surface area contributed by atoms with Gasteiger partial charge in [-0.2, -0.15) is 0 Å². The highest BCUT2D eigenvalue weighted by molar-refractivity contribution is 7.14. The topological polar surface area (TPSA) is 74.4 Å². The largest absolute Gasteiger partial charge is 0.399 e. The van der Waals surface area contributed by atoms with E-state index in [9.17, 15) is 4.79 Å². The third kappa shape index (κ3) is 10.7. The molecular weight excluding hydrogens is 518 g/mol. The number of hydrogen-bond acceptors (Lipinski definition) is 6. The lowest BCUT2D eigenvalue weighted by Gasteiger charge is -2.35. The Labute approximate surface area is 246 Å². The van der Waals surface area contributed by atoms with Crippen LogP contribution in [0.3, 0.4) is 0 Å². The Morgan fingerprint density at radius 3 is 2.40 bits per heavy atom. The van der Waals surface area contributed by atoms with Crippen molar-refractivity contribution in [2.24, 2.45) is 10.7 Å². The van der Waals surface area contributed by atoms with Gasteiger partial charge in [0.2, 0.25) is 0 Å². The molecule has 1 aromatic rings. The van der Waals surface area contributed by atoms with Gasteiger partial charge in [0, 0.05) is 70.6 Å². The van der Waals surface area contributed by atoms with Crippen LogP contribution in [0.25, 0.3) is 0 Å². The number of unbranched alkanes of at least 4 members (excludes halogenated alkanes) is 1. The van der Waals surface area contributed by atoms with Gasteiger partial charge in [0.1, 0.15) is 0 Å². The van der Waals surface area contributed by atoms with Crippen molar-refractivity contribution in [3.63, 3.8) is 0 Å². The summed E-state index contributed by atoms with van der Waals surface area (Å²) in [5, 5.41) is 0. The van der Waals surface area contributed by atoms with E-state index in [4.69, 9.17) is 15.5 Å². The molecule has 8 heteroatoms. The SMILES string of the molecule is C/C=C(N)/C=C\C(=C/C)C(=C/C)\N=C(CCCCOCCC)c1sc(CN2CCN(C(=O)N(C)C)CC2)cc1C. The van der Waals surface area contributed by atoms with E-state index in [2.05, 4.69) is 37.0 Å². The third-order valence-corrected chi connectivity index (χ3v) is 8.13. The van der Waals surface area contributed by atoms with E-state index < -0.39 is 0 Å². The van der Waals surface area contributed by atoms with E-state index in [0.29, 0.717) is 0 Å². The van der Waals surface area contributed by atoms with Crippen LogP contribution in [0.2, 0.25) is 0 Å². The van der Waals surface area contributed by atoms with Gasteiger partial charge in [-0.25, -0.2) is 4.79 Å². The van der Waals surface area contributed by atoms with Gasteiger partial charge < -0.3 is 20.3 Å². The zero-order chi connectivity index (χ0) is 29.5. The average Bonchev–Trinajstić information content (AvgIpc) is 3.32. The van der Waals surface area contributed by atoms with Crippen LogP contribution >= 0.6 is 11.3 Å². The molecule has 40 heavy (non-hydrogen) atoms. The Kier molecular flexibility index (Phi) is 15.0. The van der Waals surface area contributed by atoms with Gasteiger partial charge in [-0.3, -0.25) is 9.89 Å². The van der Waals surface area contributed by atoms with Crippen molar-refractivity contribution >= 4 is 23.1 Å². The van der Waals surface area contributed by atoms with E-state index in [1.165, 1.54) is 15.3 Å². The molecule has 1 saturated heterocycles. The van der Waals surface area contributed by atoms with E-state index in [1.807, 2.05) is 69.3 Å². The molecule has 0 aliphatic carbocycles. The molecule has 0 saturated carbocycles. The van der Waals surface area contributed by atoms with Crippen molar-refractivity contribution in [3.8, 4) is 0 Å². The Morgan fingerprint density at radius 1 is 1.07 bits per heavy atom. The van der Waals surface area contributed by atoms with E-state index in [1.54, 1.807) is 4.90 Å². The van der Waals surface area contributed by atoms with Gasteiger partial charge >= 0.3 is 6.03 Å². The molecule has 222 valence electrons. The maximum absolute atomic E-state index is 12.3. The zero-order valence-corrected chi connectivity index (χ0v) is 26.6.